The van der Waals surface area contributed by atoms with E-state index in [-0.39, 0.29) is 5.91 Å². The Labute approximate surface area is 124 Å². The minimum Gasteiger partial charge on any atom is -0.340 e. The number of hydrogen-bond acceptors (Lipinski definition) is 3. The van der Waals surface area contributed by atoms with Gasteiger partial charge in [0.25, 0.3) is 5.91 Å². The number of pyridine rings is 1. The molecule has 5 nitrogen and oxygen atoms in total. The summed E-state index contributed by atoms with van der Waals surface area (Å²) in [6.07, 6.45) is 4.10. The first kappa shape index (κ1) is 13.8. The average Bonchev–Trinajstić information content (AvgIpc) is 2.98. The van der Waals surface area contributed by atoms with Crippen molar-refractivity contribution in [3.8, 4) is 0 Å². The summed E-state index contributed by atoms with van der Waals surface area (Å²) >= 11 is 0. The molecule has 1 fully saturated rings. The van der Waals surface area contributed by atoms with Crippen LogP contribution in [0.5, 0.6) is 0 Å². The molecule has 3 rings (SSSR count). The van der Waals surface area contributed by atoms with Crippen LogP contribution in [-0.2, 0) is 0 Å². The van der Waals surface area contributed by atoms with Crippen LogP contribution in [-0.4, -0.2) is 28.5 Å². The number of anilines is 1. The molecule has 110 valence electrons. The lowest BCUT2D eigenvalue weighted by atomic mass is 10.1. The van der Waals surface area contributed by atoms with E-state index in [1.54, 1.807) is 0 Å². The van der Waals surface area contributed by atoms with Gasteiger partial charge in [-0.15, -0.1) is 0 Å². The average molecular weight is 284 g/mol. The molecule has 0 spiro atoms. The first-order valence-electron chi connectivity index (χ1n) is 7.36. The van der Waals surface area contributed by atoms with E-state index in [0.717, 1.165) is 31.6 Å². The number of hydrogen-bond donors (Lipinski definition) is 2. The van der Waals surface area contributed by atoms with Crippen LogP contribution in [0, 0.1) is 6.92 Å². The summed E-state index contributed by atoms with van der Waals surface area (Å²) < 4.78 is 2.09. The minimum absolute atomic E-state index is 0.100. The molecular weight excluding hydrogens is 264 g/mol. The highest BCUT2D eigenvalue weighted by molar-refractivity contribution is 6.02. The van der Waals surface area contributed by atoms with Gasteiger partial charge in [0.1, 0.15) is 11.5 Å². The first-order chi connectivity index (χ1) is 10.2. The Balaban J connectivity index is 1.77. The molecule has 5 heteroatoms. The van der Waals surface area contributed by atoms with Gasteiger partial charge < -0.3 is 15.2 Å². The molecule has 1 saturated heterocycles. The second-order valence-electron chi connectivity index (χ2n) is 5.40. The topological polar surface area (TPSA) is 59.0 Å². The monoisotopic (exact) mass is 284 g/mol. The number of aromatic nitrogens is 2. The van der Waals surface area contributed by atoms with Gasteiger partial charge in [-0.3, -0.25) is 4.79 Å². The van der Waals surface area contributed by atoms with Gasteiger partial charge in [-0.1, -0.05) is 6.07 Å². The lowest BCUT2D eigenvalue weighted by Gasteiger charge is -2.25. The van der Waals surface area contributed by atoms with Gasteiger partial charge in [-0.25, -0.2) is 4.98 Å². The Morgan fingerprint density at radius 2 is 2.10 bits per heavy atom. The van der Waals surface area contributed by atoms with Gasteiger partial charge in [-0.05, 0) is 57.1 Å². The zero-order valence-electron chi connectivity index (χ0n) is 12.2. The first-order valence-corrected chi connectivity index (χ1v) is 7.36. The van der Waals surface area contributed by atoms with Crippen molar-refractivity contribution in [3.05, 3.63) is 47.9 Å². The molecule has 21 heavy (non-hydrogen) atoms. The van der Waals surface area contributed by atoms with Crippen LogP contribution in [0.25, 0.3) is 0 Å². The van der Waals surface area contributed by atoms with E-state index < -0.39 is 0 Å². The molecule has 0 aliphatic carbocycles. The molecule has 0 radical (unpaired) electrons. The van der Waals surface area contributed by atoms with Crippen LogP contribution in [0.3, 0.4) is 0 Å². The van der Waals surface area contributed by atoms with Gasteiger partial charge in [0, 0.05) is 17.9 Å². The molecule has 2 aromatic heterocycles. The third-order valence-corrected chi connectivity index (χ3v) is 3.84. The Bertz CT molecular complexity index is 629. The molecule has 1 aliphatic heterocycles. The largest absolute Gasteiger partial charge is 0.340 e. The molecule has 2 aromatic rings. The lowest BCUT2D eigenvalue weighted by molar-refractivity contribution is 0.101. The maximum Gasteiger partial charge on any atom is 0.273 e. The molecule has 3 heterocycles. The fourth-order valence-electron chi connectivity index (χ4n) is 2.78. The molecule has 0 unspecified atom stereocenters. The van der Waals surface area contributed by atoms with Crippen LogP contribution in [0.15, 0.2) is 36.5 Å². The molecule has 0 saturated carbocycles. The van der Waals surface area contributed by atoms with E-state index in [9.17, 15) is 4.79 Å². The predicted molar refractivity (Wildman–Crippen MR) is 82.5 cm³/mol. The second kappa shape index (κ2) is 6.10. The number of carbonyl (C=O) groups excluding carboxylic acids is 1. The predicted octanol–water partition coefficient (Wildman–Crippen LogP) is 2.37. The maximum absolute atomic E-state index is 12.5. The molecule has 1 aliphatic rings. The molecule has 0 bridgehead atoms. The summed E-state index contributed by atoms with van der Waals surface area (Å²) in [5.41, 5.74) is 1.59. The third-order valence-electron chi connectivity index (χ3n) is 3.84. The van der Waals surface area contributed by atoms with Crippen LogP contribution < -0.4 is 10.6 Å². The Morgan fingerprint density at radius 3 is 2.86 bits per heavy atom. The molecular formula is C16H20N4O. The van der Waals surface area contributed by atoms with Crippen LogP contribution in [0.1, 0.15) is 35.1 Å². The van der Waals surface area contributed by atoms with E-state index in [1.165, 1.54) is 0 Å². The number of nitrogens with one attached hydrogen (secondary N) is 2. The Kier molecular flexibility index (Phi) is 4.01. The second-order valence-corrected chi connectivity index (χ2v) is 5.40. The smallest absolute Gasteiger partial charge is 0.273 e. The normalized spacial score (nSPS) is 15.9. The van der Waals surface area contributed by atoms with E-state index >= 15 is 0 Å². The number of amides is 1. The third kappa shape index (κ3) is 3.13. The van der Waals surface area contributed by atoms with Gasteiger partial charge in [0.05, 0.1) is 0 Å². The highest BCUT2D eigenvalue weighted by atomic mass is 16.2. The summed E-state index contributed by atoms with van der Waals surface area (Å²) in [5.74, 6) is 0.495. The number of piperidine rings is 1. The minimum atomic E-state index is -0.100. The molecule has 1 amide bonds. The zero-order valence-corrected chi connectivity index (χ0v) is 12.2. The standard InChI is InChI=1S/C16H20N4O/c1-12-4-2-6-15(18-12)19-16(21)14-5-3-11-20(14)13-7-9-17-10-8-13/h2-6,11,13,17H,7-10H2,1H3,(H,18,19,21). The SMILES string of the molecule is Cc1cccc(NC(=O)c2cccn2C2CCNCC2)n1. The van der Waals surface area contributed by atoms with Crippen molar-refractivity contribution in [1.29, 1.82) is 0 Å². The quantitative estimate of drug-likeness (QED) is 0.909. The summed E-state index contributed by atoms with van der Waals surface area (Å²) in [6, 6.07) is 9.81. The Morgan fingerprint density at radius 1 is 1.29 bits per heavy atom. The van der Waals surface area contributed by atoms with Crippen molar-refractivity contribution in [1.82, 2.24) is 14.9 Å². The van der Waals surface area contributed by atoms with Crippen molar-refractivity contribution in [2.24, 2.45) is 0 Å². The molecule has 0 atom stereocenters. The summed E-state index contributed by atoms with van der Waals surface area (Å²) in [6.45, 7) is 3.92. The highest BCUT2D eigenvalue weighted by Crippen LogP contribution is 2.21. The van der Waals surface area contributed by atoms with Crippen molar-refractivity contribution < 1.29 is 4.79 Å². The summed E-state index contributed by atoms with van der Waals surface area (Å²) in [5, 5.41) is 6.23. The number of rotatable bonds is 3. The van der Waals surface area contributed by atoms with Crippen LogP contribution in [0.2, 0.25) is 0 Å². The van der Waals surface area contributed by atoms with Crippen molar-refractivity contribution in [2.75, 3.05) is 18.4 Å². The van der Waals surface area contributed by atoms with Crippen LogP contribution in [0.4, 0.5) is 5.82 Å². The van der Waals surface area contributed by atoms with Gasteiger partial charge >= 0.3 is 0 Å². The van der Waals surface area contributed by atoms with Gasteiger partial charge in [0.2, 0.25) is 0 Å². The Hall–Kier alpha value is -2.14. The van der Waals surface area contributed by atoms with Crippen molar-refractivity contribution in [3.63, 3.8) is 0 Å². The van der Waals surface area contributed by atoms with E-state index in [4.69, 9.17) is 0 Å². The van der Waals surface area contributed by atoms with Gasteiger partial charge in [-0.2, -0.15) is 0 Å². The van der Waals surface area contributed by atoms with Crippen molar-refractivity contribution in [2.45, 2.75) is 25.8 Å². The lowest BCUT2D eigenvalue weighted by Crippen LogP contribution is -2.31. The number of aryl methyl sites for hydroxylation is 1. The van der Waals surface area contributed by atoms with Crippen LogP contribution >= 0.6 is 0 Å². The summed E-state index contributed by atoms with van der Waals surface area (Å²) in [7, 11) is 0. The highest BCUT2D eigenvalue weighted by Gasteiger charge is 2.20. The number of nitrogens with zero attached hydrogens (tertiary/aromatic N) is 2. The fraction of sp³-hybridized carbons (Fsp3) is 0.375. The van der Waals surface area contributed by atoms with E-state index in [1.807, 2.05) is 43.5 Å². The van der Waals surface area contributed by atoms with E-state index in [2.05, 4.69) is 20.2 Å². The maximum atomic E-state index is 12.5. The van der Waals surface area contributed by atoms with Gasteiger partial charge in [0.15, 0.2) is 0 Å². The zero-order chi connectivity index (χ0) is 14.7. The number of carbonyl (C=O) groups is 1. The molecule has 0 aromatic carbocycles. The summed E-state index contributed by atoms with van der Waals surface area (Å²) in [4.78, 5) is 16.8. The van der Waals surface area contributed by atoms with E-state index in [0.29, 0.717) is 17.6 Å². The fourth-order valence-corrected chi connectivity index (χ4v) is 2.78. The molecule has 2 N–H and O–H groups in total. The van der Waals surface area contributed by atoms with Crippen molar-refractivity contribution >= 4 is 11.7 Å².